The van der Waals surface area contributed by atoms with Crippen LogP contribution < -0.4 is 23.8 Å². The van der Waals surface area contributed by atoms with E-state index in [0.29, 0.717) is 33.7 Å². The van der Waals surface area contributed by atoms with Crippen LogP contribution in [0.4, 0.5) is 5.69 Å². The molecule has 3 aromatic rings. The van der Waals surface area contributed by atoms with Crippen LogP contribution in [-0.4, -0.2) is 64.1 Å². The van der Waals surface area contributed by atoms with E-state index in [1.54, 1.807) is 49.4 Å². The fourth-order valence-corrected chi connectivity index (χ4v) is 6.68. The monoisotopic (exact) mass is 693 g/mol. The van der Waals surface area contributed by atoms with Crippen molar-refractivity contribution in [1.29, 1.82) is 0 Å². The third kappa shape index (κ3) is 8.98. The lowest BCUT2D eigenvalue weighted by Crippen LogP contribution is -2.55. The number of anilines is 1. The Morgan fingerprint density at radius 2 is 1.52 bits per heavy atom. The highest BCUT2D eigenvalue weighted by Gasteiger charge is 2.35. The Labute approximate surface area is 281 Å². The predicted octanol–water partition coefficient (Wildman–Crippen LogP) is 6.33. The van der Waals surface area contributed by atoms with Crippen LogP contribution in [0, 0.1) is 0 Å². The minimum Gasteiger partial charge on any atom is -0.494 e. The van der Waals surface area contributed by atoms with Crippen molar-refractivity contribution in [3.63, 3.8) is 0 Å². The number of halogens is 2. The summed E-state index contributed by atoms with van der Waals surface area (Å²) in [6, 6.07) is 14.5. The fourth-order valence-electron chi connectivity index (χ4n) is 4.73. The Morgan fingerprint density at radius 1 is 0.913 bits per heavy atom. The molecule has 1 unspecified atom stereocenters. The first kappa shape index (κ1) is 36.8. The molecule has 0 saturated heterocycles. The van der Waals surface area contributed by atoms with Crippen molar-refractivity contribution in [3.05, 3.63) is 76.3 Å². The molecule has 3 aromatic carbocycles. The highest BCUT2D eigenvalue weighted by molar-refractivity contribution is 7.92. The van der Waals surface area contributed by atoms with Crippen LogP contribution in [0.1, 0.15) is 46.6 Å². The van der Waals surface area contributed by atoms with Gasteiger partial charge in [-0.2, -0.15) is 0 Å². The summed E-state index contributed by atoms with van der Waals surface area (Å²) in [5.41, 5.74) is 0.0397. The molecule has 0 heterocycles. The van der Waals surface area contributed by atoms with Gasteiger partial charge in [0.25, 0.3) is 10.0 Å². The average Bonchev–Trinajstić information content (AvgIpc) is 3.00. The molecule has 46 heavy (non-hydrogen) atoms. The Hall–Kier alpha value is -3.67. The van der Waals surface area contributed by atoms with Crippen molar-refractivity contribution in [2.75, 3.05) is 31.7 Å². The number of benzene rings is 3. The standard InChI is InChI=1S/C33H41Cl2N3O7S/c1-8-28(32(40)36-33(3,4)5)37(20-25-26(34)11-10-12-27(25)35)31(39)21-38(22-13-15-23(16-14-22)45-9-2)46(41,42)24-17-18-29(43-6)30(19-24)44-7/h10-19,28H,8-9,20-21H2,1-7H3,(H,36,40). The quantitative estimate of drug-likeness (QED) is 0.210. The van der Waals surface area contributed by atoms with Crippen molar-refractivity contribution in [2.24, 2.45) is 0 Å². The van der Waals surface area contributed by atoms with E-state index < -0.39 is 40.0 Å². The normalized spacial score (nSPS) is 12.2. The van der Waals surface area contributed by atoms with Gasteiger partial charge in [0.1, 0.15) is 18.3 Å². The molecule has 0 spiro atoms. The molecule has 0 aromatic heterocycles. The number of hydrogen-bond donors (Lipinski definition) is 1. The summed E-state index contributed by atoms with van der Waals surface area (Å²) in [7, 11) is -1.54. The topological polar surface area (TPSA) is 114 Å². The molecule has 0 aliphatic heterocycles. The summed E-state index contributed by atoms with van der Waals surface area (Å²) >= 11 is 13.0. The number of ether oxygens (including phenoxy) is 3. The summed E-state index contributed by atoms with van der Waals surface area (Å²) < 4.78 is 45.8. The number of nitrogens with zero attached hydrogens (tertiary/aromatic N) is 2. The highest BCUT2D eigenvalue weighted by atomic mass is 35.5. The third-order valence-corrected chi connectivity index (χ3v) is 9.41. The van der Waals surface area contributed by atoms with Gasteiger partial charge >= 0.3 is 0 Å². The molecule has 0 fully saturated rings. The van der Waals surface area contributed by atoms with E-state index in [9.17, 15) is 18.0 Å². The number of rotatable bonds is 14. The van der Waals surface area contributed by atoms with Crippen molar-refractivity contribution in [3.8, 4) is 17.2 Å². The zero-order chi connectivity index (χ0) is 34.2. The van der Waals surface area contributed by atoms with Gasteiger partial charge in [-0.05, 0) is 82.6 Å². The number of methoxy groups -OCH3 is 2. The van der Waals surface area contributed by atoms with Crippen molar-refractivity contribution in [1.82, 2.24) is 10.2 Å². The van der Waals surface area contributed by atoms with Crippen LogP contribution in [0.5, 0.6) is 17.2 Å². The van der Waals surface area contributed by atoms with Gasteiger partial charge in [0.2, 0.25) is 11.8 Å². The van der Waals surface area contributed by atoms with Crippen LogP contribution in [0.2, 0.25) is 10.0 Å². The van der Waals surface area contributed by atoms with E-state index in [4.69, 9.17) is 37.4 Å². The predicted molar refractivity (Wildman–Crippen MR) is 181 cm³/mol. The fraction of sp³-hybridized carbons (Fsp3) is 0.394. The van der Waals surface area contributed by atoms with Gasteiger partial charge in [0, 0.05) is 33.8 Å². The van der Waals surface area contributed by atoms with Gasteiger partial charge < -0.3 is 24.4 Å². The van der Waals surface area contributed by atoms with E-state index in [1.165, 1.54) is 37.3 Å². The Kier molecular flexibility index (Phi) is 12.6. The number of sulfonamides is 1. The van der Waals surface area contributed by atoms with Crippen molar-refractivity contribution < 1.29 is 32.2 Å². The van der Waals surface area contributed by atoms with E-state index in [-0.39, 0.29) is 29.3 Å². The minimum atomic E-state index is -4.38. The number of carbonyl (C=O) groups excluding carboxylic acids is 2. The average molecular weight is 695 g/mol. The van der Waals surface area contributed by atoms with E-state index in [0.717, 1.165) is 4.31 Å². The summed E-state index contributed by atoms with van der Waals surface area (Å²) in [6.45, 7) is 8.73. The van der Waals surface area contributed by atoms with Crippen molar-refractivity contribution >= 4 is 50.7 Å². The van der Waals surface area contributed by atoms with Gasteiger partial charge in [-0.3, -0.25) is 13.9 Å². The lowest BCUT2D eigenvalue weighted by Gasteiger charge is -2.35. The molecule has 13 heteroatoms. The van der Waals surface area contributed by atoms with Crippen LogP contribution in [0.25, 0.3) is 0 Å². The maximum Gasteiger partial charge on any atom is 0.264 e. The zero-order valence-electron chi connectivity index (χ0n) is 27.1. The molecule has 0 bridgehead atoms. The SMILES string of the molecule is CCOc1ccc(N(CC(=O)N(Cc2c(Cl)cccc2Cl)C(CC)C(=O)NC(C)(C)C)S(=O)(=O)c2ccc(OC)c(OC)c2)cc1. The number of nitrogens with one attached hydrogen (secondary N) is 1. The summed E-state index contributed by atoms with van der Waals surface area (Å²) in [6.07, 6.45) is 0.237. The molecule has 1 atom stereocenters. The van der Waals surface area contributed by atoms with Gasteiger partial charge in [-0.25, -0.2) is 8.42 Å². The molecule has 0 aliphatic carbocycles. The number of amides is 2. The van der Waals surface area contributed by atoms with Crippen LogP contribution in [0.15, 0.2) is 65.6 Å². The minimum absolute atomic E-state index is 0.134. The van der Waals surface area contributed by atoms with E-state index in [2.05, 4.69) is 5.32 Å². The van der Waals surface area contributed by atoms with Gasteiger partial charge in [0.15, 0.2) is 11.5 Å². The number of carbonyl (C=O) groups is 2. The summed E-state index contributed by atoms with van der Waals surface area (Å²) in [5.74, 6) is 0.0117. The zero-order valence-corrected chi connectivity index (χ0v) is 29.4. The number of hydrogen-bond acceptors (Lipinski definition) is 7. The Balaban J connectivity index is 2.16. The third-order valence-electron chi connectivity index (χ3n) is 6.93. The van der Waals surface area contributed by atoms with E-state index in [1.807, 2.05) is 27.7 Å². The highest BCUT2D eigenvalue weighted by Crippen LogP contribution is 2.33. The molecular formula is C33H41Cl2N3O7S. The molecule has 2 amide bonds. The smallest absolute Gasteiger partial charge is 0.264 e. The first-order valence-corrected chi connectivity index (χ1v) is 16.9. The lowest BCUT2D eigenvalue weighted by atomic mass is 10.1. The van der Waals surface area contributed by atoms with Gasteiger partial charge in [-0.15, -0.1) is 0 Å². The Bertz CT molecular complexity index is 1610. The molecular weight excluding hydrogens is 653 g/mol. The maximum atomic E-state index is 14.4. The molecule has 3 rings (SSSR count). The molecule has 250 valence electrons. The Morgan fingerprint density at radius 3 is 2.04 bits per heavy atom. The lowest BCUT2D eigenvalue weighted by molar-refractivity contribution is -0.141. The largest absolute Gasteiger partial charge is 0.494 e. The van der Waals surface area contributed by atoms with Crippen molar-refractivity contribution in [2.45, 2.75) is 64.1 Å². The second-order valence-electron chi connectivity index (χ2n) is 11.3. The van der Waals surface area contributed by atoms with Crippen LogP contribution >= 0.6 is 23.2 Å². The molecule has 0 radical (unpaired) electrons. The summed E-state index contributed by atoms with van der Waals surface area (Å²) in [4.78, 5) is 29.1. The van der Waals surface area contributed by atoms with Crippen LogP contribution in [-0.2, 0) is 26.2 Å². The molecule has 0 aliphatic rings. The summed E-state index contributed by atoms with van der Waals surface area (Å²) in [5, 5.41) is 3.54. The molecule has 0 saturated carbocycles. The van der Waals surface area contributed by atoms with Gasteiger partial charge in [0.05, 0.1) is 31.4 Å². The van der Waals surface area contributed by atoms with Gasteiger partial charge in [-0.1, -0.05) is 36.2 Å². The molecule has 10 nitrogen and oxygen atoms in total. The second kappa shape index (κ2) is 15.8. The van der Waals surface area contributed by atoms with E-state index >= 15 is 0 Å². The first-order valence-electron chi connectivity index (χ1n) is 14.7. The molecule has 1 N–H and O–H groups in total. The maximum absolute atomic E-state index is 14.4. The first-order chi connectivity index (χ1) is 21.7. The van der Waals surface area contributed by atoms with Crippen LogP contribution in [0.3, 0.4) is 0 Å². The second-order valence-corrected chi connectivity index (χ2v) is 14.0.